The van der Waals surface area contributed by atoms with Crippen molar-refractivity contribution in [3.8, 4) is 38.4 Å². The summed E-state index contributed by atoms with van der Waals surface area (Å²) in [7, 11) is 0. The number of hydrogen-bond donors (Lipinski definition) is 0. The number of para-hydroxylation sites is 1. The van der Waals surface area contributed by atoms with E-state index in [0.29, 0.717) is 0 Å². The minimum atomic E-state index is -0.0936. The van der Waals surface area contributed by atoms with Crippen molar-refractivity contribution in [1.82, 2.24) is 4.57 Å². The third-order valence-electron chi connectivity index (χ3n) is 12.1. The van der Waals surface area contributed by atoms with Crippen molar-refractivity contribution in [3.63, 3.8) is 0 Å². The minimum Gasteiger partial charge on any atom is -0.310 e. The van der Waals surface area contributed by atoms with Gasteiger partial charge >= 0.3 is 0 Å². The van der Waals surface area contributed by atoms with Crippen molar-refractivity contribution in [2.45, 2.75) is 26.2 Å². The van der Waals surface area contributed by atoms with Crippen molar-refractivity contribution >= 4 is 60.3 Å². The molecule has 272 valence electrons. The Morgan fingerprint density at radius 1 is 0.474 bits per heavy atom. The van der Waals surface area contributed by atoms with Crippen molar-refractivity contribution < 1.29 is 0 Å². The number of aromatic nitrogens is 1. The van der Waals surface area contributed by atoms with Crippen molar-refractivity contribution in [2.75, 3.05) is 4.90 Å². The largest absolute Gasteiger partial charge is 0.310 e. The van der Waals surface area contributed by atoms with E-state index in [0.717, 1.165) is 17.1 Å². The molecule has 2 aromatic heterocycles. The standard InChI is InChI=1S/C54H40N2S/c1-35-11-10-13-42(31-35)56-50-17-8-6-15-46(50)47-32-38(23-30-51(47)56)36-19-24-40(25-20-36)55(41-26-21-37(22-27-41)53-33-39-12-4-9-18-52(39)57-53)43-28-29-45-44-14-5-7-16-48(44)54(2,3)49(45)34-43/h4-34H,1-3H3. The average molecular weight is 749 g/mol. The van der Waals surface area contributed by atoms with E-state index in [9.17, 15) is 0 Å². The Kier molecular flexibility index (Phi) is 7.64. The number of fused-ring (bicyclic) bond motifs is 7. The van der Waals surface area contributed by atoms with E-state index in [4.69, 9.17) is 0 Å². The number of aryl methyl sites for hydroxylation is 1. The van der Waals surface area contributed by atoms with Crippen LogP contribution in [0.3, 0.4) is 0 Å². The van der Waals surface area contributed by atoms with Crippen LogP contribution in [0.15, 0.2) is 188 Å². The summed E-state index contributed by atoms with van der Waals surface area (Å²) in [6, 6.07) is 69.5. The fraction of sp³-hybridized carbons (Fsp3) is 0.0741. The van der Waals surface area contributed by atoms with E-state index in [1.54, 1.807) is 0 Å². The van der Waals surface area contributed by atoms with Crippen LogP contribution in [0.5, 0.6) is 0 Å². The summed E-state index contributed by atoms with van der Waals surface area (Å²) < 4.78 is 3.71. The van der Waals surface area contributed by atoms with Gasteiger partial charge in [0.2, 0.25) is 0 Å². The van der Waals surface area contributed by atoms with Crippen LogP contribution in [0.25, 0.3) is 70.3 Å². The van der Waals surface area contributed by atoms with Crippen LogP contribution in [0, 0.1) is 6.92 Å². The van der Waals surface area contributed by atoms with E-state index in [1.807, 2.05) is 11.3 Å². The molecule has 2 heterocycles. The van der Waals surface area contributed by atoms with Crippen molar-refractivity contribution in [3.05, 3.63) is 205 Å². The molecule has 1 aliphatic carbocycles. The van der Waals surface area contributed by atoms with Crippen molar-refractivity contribution in [2.24, 2.45) is 0 Å². The van der Waals surface area contributed by atoms with Gasteiger partial charge in [-0.1, -0.05) is 123 Å². The Morgan fingerprint density at radius 3 is 1.95 bits per heavy atom. The van der Waals surface area contributed by atoms with E-state index in [1.165, 1.54) is 87.0 Å². The second-order valence-corrected chi connectivity index (χ2v) is 17.0. The first-order valence-electron chi connectivity index (χ1n) is 19.7. The summed E-state index contributed by atoms with van der Waals surface area (Å²) in [6.07, 6.45) is 0. The highest BCUT2D eigenvalue weighted by atomic mass is 32.1. The molecule has 0 radical (unpaired) electrons. The summed E-state index contributed by atoms with van der Waals surface area (Å²) in [5.41, 5.74) is 17.3. The molecule has 8 aromatic carbocycles. The molecule has 0 spiro atoms. The second kappa shape index (κ2) is 12.9. The number of thiophene rings is 1. The molecule has 0 aliphatic heterocycles. The lowest BCUT2D eigenvalue weighted by Gasteiger charge is -2.28. The average Bonchev–Trinajstić information content (AvgIpc) is 3.90. The molecule has 2 nitrogen and oxygen atoms in total. The van der Waals surface area contributed by atoms with Gasteiger partial charge in [0.1, 0.15) is 0 Å². The maximum absolute atomic E-state index is 2.42. The topological polar surface area (TPSA) is 8.17 Å². The van der Waals surface area contributed by atoms with E-state index >= 15 is 0 Å². The third-order valence-corrected chi connectivity index (χ3v) is 13.2. The van der Waals surface area contributed by atoms with Gasteiger partial charge in [-0.3, -0.25) is 0 Å². The molecule has 0 N–H and O–H groups in total. The molecule has 11 rings (SSSR count). The number of anilines is 3. The lowest BCUT2D eigenvalue weighted by molar-refractivity contribution is 0.660. The Labute approximate surface area is 337 Å². The Bertz CT molecular complexity index is 3130. The molecular formula is C54H40N2S. The molecule has 1 aliphatic rings. The molecule has 57 heavy (non-hydrogen) atoms. The lowest BCUT2D eigenvalue weighted by atomic mass is 9.82. The summed E-state index contributed by atoms with van der Waals surface area (Å²) >= 11 is 1.85. The molecular weight excluding hydrogens is 709 g/mol. The van der Waals surface area contributed by atoms with E-state index in [2.05, 4.69) is 218 Å². The smallest absolute Gasteiger partial charge is 0.0541 e. The summed E-state index contributed by atoms with van der Waals surface area (Å²) in [4.78, 5) is 3.70. The van der Waals surface area contributed by atoms with Gasteiger partial charge in [-0.25, -0.2) is 0 Å². The quantitative estimate of drug-likeness (QED) is 0.164. The molecule has 3 heteroatoms. The van der Waals surface area contributed by atoms with Gasteiger partial charge in [0.25, 0.3) is 0 Å². The Morgan fingerprint density at radius 2 is 1.14 bits per heavy atom. The normalized spacial score (nSPS) is 13.0. The number of benzene rings is 8. The third kappa shape index (κ3) is 5.45. The molecule has 0 atom stereocenters. The summed E-state index contributed by atoms with van der Waals surface area (Å²) in [6.45, 7) is 6.87. The highest BCUT2D eigenvalue weighted by Gasteiger charge is 2.35. The van der Waals surface area contributed by atoms with Gasteiger partial charge in [0.15, 0.2) is 0 Å². The number of rotatable bonds is 6. The van der Waals surface area contributed by atoms with Crippen LogP contribution in [0.2, 0.25) is 0 Å². The minimum absolute atomic E-state index is 0.0936. The number of hydrogen-bond acceptors (Lipinski definition) is 2. The zero-order valence-electron chi connectivity index (χ0n) is 32.2. The van der Waals surface area contributed by atoms with Gasteiger partial charge in [-0.2, -0.15) is 0 Å². The molecule has 0 bridgehead atoms. The van der Waals surface area contributed by atoms with Crippen LogP contribution in [-0.2, 0) is 5.41 Å². The maximum Gasteiger partial charge on any atom is 0.0541 e. The first-order valence-corrected chi connectivity index (χ1v) is 20.6. The van der Waals surface area contributed by atoms with E-state index < -0.39 is 0 Å². The molecule has 0 saturated carbocycles. The zero-order valence-corrected chi connectivity index (χ0v) is 33.0. The summed E-state index contributed by atoms with van der Waals surface area (Å²) in [5, 5.41) is 3.82. The lowest BCUT2D eigenvalue weighted by Crippen LogP contribution is -2.16. The van der Waals surface area contributed by atoms with Crippen LogP contribution in [0.1, 0.15) is 30.5 Å². The first kappa shape index (κ1) is 33.6. The Balaban J connectivity index is 1.01. The van der Waals surface area contributed by atoms with Crippen LogP contribution < -0.4 is 4.90 Å². The van der Waals surface area contributed by atoms with Crippen LogP contribution in [-0.4, -0.2) is 4.57 Å². The highest BCUT2D eigenvalue weighted by Crippen LogP contribution is 2.51. The predicted molar refractivity (Wildman–Crippen MR) is 244 cm³/mol. The maximum atomic E-state index is 2.42. The molecule has 0 saturated heterocycles. The first-order chi connectivity index (χ1) is 27.9. The molecule has 0 unspecified atom stereocenters. The highest BCUT2D eigenvalue weighted by molar-refractivity contribution is 7.22. The summed E-state index contributed by atoms with van der Waals surface area (Å²) in [5.74, 6) is 0. The van der Waals surface area contributed by atoms with Gasteiger partial charge in [-0.15, -0.1) is 11.3 Å². The predicted octanol–water partition coefficient (Wildman–Crippen LogP) is 15.4. The van der Waals surface area contributed by atoms with Crippen LogP contribution >= 0.6 is 11.3 Å². The van der Waals surface area contributed by atoms with Gasteiger partial charge in [-0.05, 0) is 136 Å². The molecule has 10 aromatic rings. The van der Waals surface area contributed by atoms with Crippen molar-refractivity contribution in [1.29, 1.82) is 0 Å². The van der Waals surface area contributed by atoms with Crippen LogP contribution in [0.4, 0.5) is 17.1 Å². The monoisotopic (exact) mass is 748 g/mol. The number of nitrogens with zero attached hydrogens (tertiary/aromatic N) is 2. The Hall–Kier alpha value is -6.68. The van der Waals surface area contributed by atoms with E-state index in [-0.39, 0.29) is 5.41 Å². The second-order valence-electron chi connectivity index (χ2n) is 15.9. The SMILES string of the molecule is Cc1cccc(-n2c3ccccc3c3cc(-c4ccc(N(c5ccc(-c6cc7ccccc7s6)cc5)c5ccc6c(c5)C(C)(C)c5ccccc5-6)cc4)ccc32)c1. The van der Waals surface area contributed by atoms with Gasteiger partial charge in [0, 0.05) is 48.5 Å². The molecule has 0 fully saturated rings. The fourth-order valence-electron chi connectivity index (χ4n) is 9.18. The zero-order chi connectivity index (χ0) is 38.3. The molecule has 0 amide bonds. The van der Waals surface area contributed by atoms with Gasteiger partial charge in [0.05, 0.1) is 11.0 Å². The fourth-order valence-corrected chi connectivity index (χ4v) is 10.2. The van der Waals surface area contributed by atoms with Gasteiger partial charge < -0.3 is 9.47 Å².